The van der Waals surface area contributed by atoms with E-state index in [1.54, 1.807) is 30.0 Å². The van der Waals surface area contributed by atoms with Crippen LogP contribution in [0.3, 0.4) is 0 Å². The van der Waals surface area contributed by atoms with Crippen LogP contribution in [0.2, 0.25) is 0 Å². The minimum atomic E-state index is -0.750. The van der Waals surface area contributed by atoms with Gasteiger partial charge in [0.1, 0.15) is 23.2 Å². The molecule has 0 bridgehead atoms. The summed E-state index contributed by atoms with van der Waals surface area (Å²) in [5.74, 6) is -0.934. The highest BCUT2D eigenvalue weighted by molar-refractivity contribution is 6.00. The summed E-state index contributed by atoms with van der Waals surface area (Å²) < 4.78 is 6.44. The van der Waals surface area contributed by atoms with Gasteiger partial charge in [0, 0.05) is 43.4 Å². The number of nitrogens with zero attached hydrogens (tertiary/aromatic N) is 5. The molecule has 39 heavy (non-hydrogen) atoms. The second-order valence-corrected chi connectivity index (χ2v) is 10.1. The van der Waals surface area contributed by atoms with Gasteiger partial charge in [0.25, 0.3) is 11.8 Å². The van der Waals surface area contributed by atoms with E-state index in [1.165, 1.54) is 16.8 Å². The molecule has 204 valence electrons. The summed E-state index contributed by atoms with van der Waals surface area (Å²) >= 11 is 0. The summed E-state index contributed by atoms with van der Waals surface area (Å²) in [6.07, 6.45) is 3.45. The van der Waals surface area contributed by atoms with Gasteiger partial charge in [-0.2, -0.15) is 5.10 Å². The molecule has 1 atom stereocenters. The van der Waals surface area contributed by atoms with E-state index in [1.807, 2.05) is 20.2 Å². The smallest absolute Gasteiger partial charge is 0.315 e. The summed E-state index contributed by atoms with van der Waals surface area (Å²) in [5.41, 5.74) is 2.03. The average molecular weight is 534 g/mol. The quantitative estimate of drug-likeness (QED) is 0.336. The van der Waals surface area contributed by atoms with E-state index in [-0.39, 0.29) is 36.2 Å². The molecule has 0 radical (unpaired) electrons. The highest BCUT2D eigenvalue weighted by Gasteiger charge is 2.29. The molecular formula is C27H31N7O5. The monoisotopic (exact) mass is 533 g/mol. The number of esters is 1. The van der Waals surface area contributed by atoms with Crippen molar-refractivity contribution in [2.75, 3.05) is 27.2 Å². The number of aromatic nitrogens is 3. The van der Waals surface area contributed by atoms with Crippen molar-refractivity contribution in [3.8, 4) is 5.75 Å². The van der Waals surface area contributed by atoms with Gasteiger partial charge in [-0.1, -0.05) is 6.07 Å². The largest absolute Gasteiger partial charge is 0.426 e. The topological polar surface area (TPSA) is 138 Å². The van der Waals surface area contributed by atoms with Crippen molar-refractivity contribution in [2.45, 2.75) is 44.8 Å². The fourth-order valence-corrected chi connectivity index (χ4v) is 4.97. The summed E-state index contributed by atoms with van der Waals surface area (Å²) in [6.45, 7) is 3.13. The molecule has 4 heterocycles. The van der Waals surface area contributed by atoms with Crippen molar-refractivity contribution >= 4 is 29.3 Å². The molecule has 2 aliphatic heterocycles. The Morgan fingerprint density at radius 2 is 1.90 bits per heavy atom. The Morgan fingerprint density at radius 3 is 2.64 bits per heavy atom. The van der Waals surface area contributed by atoms with Gasteiger partial charge in [-0.05, 0) is 51.6 Å². The SMILES string of the molecule is C[C@H](NC(=O)c1cc(C(=O)NCc2ccc3c(c2)CC(=O)O3)nc2ccnn12)C(=O)N1CCC(N(C)C)CC1. The lowest BCUT2D eigenvalue weighted by Crippen LogP contribution is -2.51. The molecule has 3 amide bonds. The molecule has 0 saturated carbocycles. The third kappa shape index (κ3) is 5.60. The van der Waals surface area contributed by atoms with Crippen LogP contribution in [0.25, 0.3) is 5.65 Å². The minimum Gasteiger partial charge on any atom is -0.426 e. The molecule has 1 saturated heterocycles. The number of hydrogen-bond donors (Lipinski definition) is 2. The number of hydrogen-bond acceptors (Lipinski definition) is 8. The molecule has 0 aliphatic carbocycles. The van der Waals surface area contributed by atoms with Crippen LogP contribution in [-0.2, 0) is 22.6 Å². The molecule has 1 fully saturated rings. The van der Waals surface area contributed by atoms with Gasteiger partial charge >= 0.3 is 5.97 Å². The number of likely N-dealkylation sites (tertiary alicyclic amines) is 1. The van der Waals surface area contributed by atoms with Crippen molar-refractivity contribution < 1.29 is 23.9 Å². The van der Waals surface area contributed by atoms with Crippen molar-refractivity contribution in [3.63, 3.8) is 0 Å². The van der Waals surface area contributed by atoms with Gasteiger partial charge in [0.05, 0.1) is 12.6 Å². The van der Waals surface area contributed by atoms with Gasteiger partial charge in [-0.3, -0.25) is 19.2 Å². The number of piperidine rings is 1. The van der Waals surface area contributed by atoms with Gasteiger partial charge in [0.2, 0.25) is 5.91 Å². The maximum atomic E-state index is 13.2. The Kier molecular flexibility index (Phi) is 7.29. The first-order valence-corrected chi connectivity index (χ1v) is 12.9. The van der Waals surface area contributed by atoms with E-state index >= 15 is 0 Å². The predicted octanol–water partition coefficient (Wildman–Crippen LogP) is 0.792. The van der Waals surface area contributed by atoms with Crippen molar-refractivity contribution in [1.82, 2.24) is 35.0 Å². The van der Waals surface area contributed by atoms with E-state index in [9.17, 15) is 19.2 Å². The number of amides is 3. The molecule has 1 aromatic carbocycles. The minimum absolute atomic E-state index is 0.0394. The van der Waals surface area contributed by atoms with Gasteiger partial charge in [-0.25, -0.2) is 9.50 Å². The highest BCUT2D eigenvalue weighted by atomic mass is 16.5. The number of nitrogens with one attached hydrogen (secondary N) is 2. The van der Waals surface area contributed by atoms with E-state index < -0.39 is 17.9 Å². The fourth-order valence-electron chi connectivity index (χ4n) is 4.97. The van der Waals surface area contributed by atoms with Crippen LogP contribution in [0, 0.1) is 0 Å². The zero-order valence-electron chi connectivity index (χ0n) is 22.1. The van der Waals surface area contributed by atoms with Crippen molar-refractivity contribution in [2.24, 2.45) is 0 Å². The number of benzene rings is 1. The van der Waals surface area contributed by atoms with E-state index in [4.69, 9.17) is 4.74 Å². The zero-order valence-corrected chi connectivity index (χ0v) is 22.1. The van der Waals surface area contributed by atoms with Crippen molar-refractivity contribution in [3.05, 3.63) is 59.0 Å². The number of rotatable bonds is 7. The molecule has 2 N–H and O–H groups in total. The molecule has 2 aromatic heterocycles. The van der Waals surface area contributed by atoms with E-state index in [0.717, 1.165) is 24.0 Å². The van der Waals surface area contributed by atoms with Crippen LogP contribution >= 0.6 is 0 Å². The predicted molar refractivity (Wildman–Crippen MR) is 140 cm³/mol. The normalized spacial score (nSPS) is 16.2. The molecule has 12 heteroatoms. The number of carbonyl (C=O) groups is 4. The van der Waals surface area contributed by atoms with Crippen LogP contribution in [-0.4, -0.2) is 87.4 Å². The van der Waals surface area contributed by atoms with Gasteiger partial charge < -0.3 is 25.2 Å². The van der Waals surface area contributed by atoms with Gasteiger partial charge in [0.15, 0.2) is 5.65 Å². The Balaban J connectivity index is 1.25. The maximum absolute atomic E-state index is 13.2. The first kappa shape index (κ1) is 26.3. The first-order valence-electron chi connectivity index (χ1n) is 12.9. The number of carbonyl (C=O) groups excluding carboxylic acids is 4. The van der Waals surface area contributed by atoms with Crippen LogP contribution in [0.5, 0.6) is 5.75 Å². The lowest BCUT2D eigenvalue weighted by molar-refractivity contribution is -0.134. The first-order chi connectivity index (χ1) is 18.7. The molecule has 0 spiro atoms. The Bertz CT molecular complexity index is 1440. The molecule has 5 rings (SSSR count). The molecular weight excluding hydrogens is 502 g/mol. The van der Waals surface area contributed by atoms with E-state index in [0.29, 0.717) is 30.5 Å². The van der Waals surface area contributed by atoms with Crippen LogP contribution in [0.4, 0.5) is 0 Å². The summed E-state index contributed by atoms with van der Waals surface area (Å²) in [6, 6.07) is 7.93. The van der Waals surface area contributed by atoms with Crippen LogP contribution in [0.15, 0.2) is 36.5 Å². The lowest BCUT2D eigenvalue weighted by Gasteiger charge is -2.36. The second kappa shape index (κ2) is 10.8. The molecule has 12 nitrogen and oxygen atoms in total. The summed E-state index contributed by atoms with van der Waals surface area (Å²) in [7, 11) is 4.08. The van der Waals surface area contributed by atoms with Crippen LogP contribution < -0.4 is 15.4 Å². The lowest BCUT2D eigenvalue weighted by atomic mass is 10.0. The van der Waals surface area contributed by atoms with E-state index in [2.05, 4.69) is 25.6 Å². The average Bonchev–Trinajstić information content (AvgIpc) is 3.55. The maximum Gasteiger partial charge on any atom is 0.315 e. The Labute approximate surface area is 225 Å². The molecule has 2 aliphatic rings. The molecule has 3 aromatic rings. The Hall–Kier alpha value is -4.32. The number of fused-ring (bicyclic) bond motifs is 2. The van der Waals surface area contributed by atoms with Gasteiger partial charge in [-0.15, -0.1) is 0 Å². The summed E-state index contributed by atoms with van der Waals surface area (Å²) in [5, 5.41) is 9.72. The third-order valence-electron chi connectivity index (χ3n) is 7.19. The van der Waals surface area contributed by atoms with Crippen molar-refractivity contribution in [1.29, 1.82) is 0 Å². The van der Waals surface area contributed by atoms with Crippen LogP contribution in [0.1, 0.15) is 51.9 Å². The summed E-state index contributed by atoms with van der Waals surface area (Å²) in [4.78, 5) is 59.0. The Morgan fingerprint density at radius 1 is 1.13 bits per heavy atom. The highest BCUT2D eigenvalue weighted by Crippen LogP contribution is 2.26. The number of ether oxygens (including phenoxy) is 1. The second-order valence-electron chi connectivity index (χ2n) is 10.1. The third-order valence-corrected chi connectivity index (χ3v) is 7.19. The molecule has 0 unspecified atom stereocenters. The zero-order chi connectivity index (χ0) is 27.7. The standard InChI is InChI=1S/C27H31N7O5/c1-16(27(38)33-10-7-19(8-11-33)32(2)3)30-26(37)21-14-20(31-23-6-9-29-34(21)23)25(36)28-15-17-4-5-22-18(12-17)13-24(35)39-22/h4-6,9,12,14,16,19H,7-8,10-11,13,15H2,1-3H3,(H,28,36)(H,30,37)/t16-/m0/s1. The fraction of sp³-hybridized carbons (Fsp3) is 0.407.